The van der Waals surface area contributed by atoms with Crippen molar-refractivity contribution in [1.29, 1.82) is 0 Å². The van der Waals surface area contributed by atoms with Crippen LogP contribution in [0.2, 0.25) is 0 Å². The van der Waals surface area contributed by atoms with E-state index in [9.17, 15) is 14.4 Å². The van der Waals surface area contributed by atoms with Crippen LogP contribution in [0.4, 0.5) is 11.5 Å². The third-order valence-electron chi connectivity index (χ3n) is 4.91. The lowest BCUT2D eigenvalue weighted by molar-refractivity contribution is -0.135. The zero-order chi connectivity index (χ0) is 21.0. The first-order valence-electron chi connectivity index (χ1n) is 9.97. The molecule has 0 atom stereocenters. The van der Waals surface area contributed by atoms with Crippen LogP contribution in [0.1, 0.15) is 41.0 Å². The molecule has 0 aliphatic carbocycles. The molecule has 0 saturated carbocycles. The van der Waals surface area contributed by atoms with Gasteiger partial charge in [-0.2, -0.15) is 0 Å². The second kappa shape index (κ2) is 9.27. The largest absolute Gasteiger partial charge is 0.383 e. The van der Waals surface area contributed by atoms with Gasteiger partial charge in [-0.05, 0) is 34.1 Å². The van der Waals surface area contributed by atoms with E-state index in [-0.39, 0.29) is 36.0 Å². The highest BCUT2D eigenvalue weighted by Crippen LogP contribution is 2.18. The fourth-order valence-corrected chi connectivity index (χ4v) is 3.75. The van der Waals surface area contributed by atoms with E-state index in [1.54, 1.807) is 4.90 Å². The number of morpholine rings is 1. The zero-order valence-corrected chi connectivity index (χ0v) is 17.6. The Bertz CT molecular complexity index is 798. The van der Waals surface area contributed by atoms with Gasteiger partial charge in [0.25, 0.3) is 5.56 Å². The Morgan fingerprint density at radius 2 is 1.68 bits per heavy atom. The summed E-state index contributed by atoms with van der Waals surface area (Å²) in [5, 5.41) is 0. The Morgan fingerprint density at radius 1 is 1.11 bits per heavy atom. The van der Waals surface area contributed by atoms with E-state index in [0.29, 0.717) is 39.3 Å². The Balaban J connectivity index is 2.56. The zero-order valence-electron chi connectivity index (χ0n) is 17.6. The molecule has 0 unspecified atom stereocenters. The lowest BCUT2D eigenvalue weighted by atomic mass is 10.2. The van der Waals surface area contributed by atoms with E-state index in [1.807, 2.05) is 39.5 Å². The summed E-state index contributed by atoms with van der Waals surface area (Å²) in [6.45, 7) is 11.7. The lowest BCUT2D eigenvalue weighted by Gasteiger charge is -2.32. The fourth-order valence-electron chi connectivity index (χ4n) is 3.75. The van der Waals surface area contributed by atoms with Gasteiger partial charge in [-0.3, -0.25) is 14.2 Å². The molecule has 1 fully saturated rings. The van der Waals surface area contributed by atoms with Gasteiger partial charge >= 0.3 is 5.69 Å². The summed E-state index contributed by atoms with van der Waals surface area (Å²) < 4.78 is 7.78. The summed E-state index contributed by atoms with van der Waals surface area (Å²) in [4.78, 5) is 42.6. The first-order chi connectivity index (χ1) is 13.2. The van der Waals surface area contributed by atoms with Crippen molar-refractivity contribution < 1.29 is 9.53 Å². The molecule has 0 spiro atoms. The number of ether oxygens (including phenoxy) is 1. The average Bonchev–Trinajstić information content (AvgIpc) is 2.62. The smallest absolute Gasteiger partial charge is 0.333 e. The summed E-state index contributed by atoms with van der Waals surface area (Å²) in [5.41, 5.74) is 5.46. The second-order valence-corrected chi connectivity index (χ2v) is 7.65. The molecule has 9 heteroatoms. The van der Waals surface area contributed by atoms with Gasteiger partial charge < -0.3 is 20.3 Å². The standard InChI is InChI=1S/C19H33N5O4/c1-6-7-22-17(20)16(21-8-10-28-11-9-21)18(26)23(19(22)27)12-15(25)24(13(2)3)14(4)5/h13-14H,6-12,20H2,1-5H3. The first-order valence-corrected chi connectivity index (χ1v) is 9.97. The third kappa shape index (κ3) is 4.40. The topological polar surface area (TPSA) is 103 Å². The Hall–Kier alpha value is -2.29. The van der Waals surface area contributed by atoms with E-state index in [4.69, 9.17) is 10.5 Å². The van der Waals surface area contributed by atoms with Crippen molar-refractivity contribution in [3.8, 4) is 0 Å². The summed E-state index contributed by atoms with van der Waals surface area (Å²) in [7, 11) is 0. The van der Waals surface area contributed by atoms with E-state index in [2.05, 4.69) is 0 Å². The summed E-state index contributed by atoms with van der Waals surface area (Å²) in [6, 6.07) is -0.0675. The van der Waals surface area contributed by atoms with Gasteiger partial charge in [0.2, 0.25) is 5.91 Å². The molecule has 2 N–H and O–H groups in total. The van der Waals surface area contributed by atoms with Crippen molar-refractivity contribution in [1.82, 2.24) is 14.0 Å². The van der Waals surface area contributed by atoms with Crippen molar-refractivity contribution in [2.75, 3.05) is 36.9 Å². The Labute approximate surface area is 165 Å². The molecule has 1 saturated heterocycles. The highest BCUT2D eigenvalue weighted by molar-refractivity contribution is 5.77. The summed E-state index contributed by atoms with van der Waals surface area (Å²) >= 11 is 0. The molecule has 0 bridgehead atoms. The minimum atomic E-state index is -0.540. The van der Waals surface area contributed by atoms with Crippen molar-refractivity contribution in [2.24, 2.45) is 0 Å². The fraction of sp³-hybridized carbons (Fsp3) is 0.737. The van der Waals surface area contributed by atoms with Gasteiger partial charge in [-0.15, -0.1) is 0 Å². The number of anilines is 2. The van der Waals surface area contributed by atoms with Crippen LogP contribution in [0.15, 0.2) is 9.59 Å². The molecule has 1 aliphatic rings. The number of nitrogens with zero attached hydrogens (tertiary/aromatic N) is 4. The molecular weight excluding hydrogens is 362 g/mol. The molecule has 9 nitrogen and oxygen atoms in total. The Kier molecular flexibility index (Phi) is 7.29. The van der Waals surface area contributed by atoms with Crippen LogP contribution in [0.5, 0.6) is 0 Å². The summed E-state index contributed by atoms with van der Waals surface area (Å²) in [5.74, 6) is -0.100. The van der Waals surface area contributed by atoms with Crippen LogP contribution < -0.4 is 21.9 Å². The number of hydrogen-bond acceptors (Lipinski definition) is 6. The molecule has 0 aromatic carbocycles. The molecule has 2 heterocycles. The SMILES string of the molecule is CCCn1c(N)c(N2CCOCC2)c(=O)n(CC(=O)N(C(C)C)C(C)C)c1=O. The molecule has 1 aromatic rings. The maximum absolute atomic E-state index is 13.2. The predicted octanol–water partition coefficient (Wildman–Crippen LogP) is 0.484. The van der Waals surface area contributed by atoms with Gasteiger partial charge in [-0.1, -0.05) is 6.92 Å². The quantitative estimate of drug-likeness (QED) is 0.721. The van der Waals surface area contributed by atoms with Crippen molar-refractivity contribution in [3.63, 3.8) is 0 Å². The van der Waals surface area contributed by atoms with E-state index < -0.39 is 11.2 Å². The minimum Gasteiger partial charge on any atom is -0.383 e. The second-order valence-electron chi connectivity index (χ2n) is 7.65. The van der Waals surface area contributed by atoms with Crippen molar-refractivity contribution in [2.45, 2.75) is 66.2 Å². The predicted molar refractivity (Wildman–Crippen MR) is 110 cm³/mol. The van der Waals surface area contributed by atoms with Gasteiger partial charge in [-0.25, -0.2) is 9.36 Å². The minimum absolute atomic E-state index is 0.0337. The van der Waals surface area contributed by atoms with Gasteiger partial charge in [0.15, 0.2) is 0 Å². The lowest BCUT2D eigenvalue weighted by Crippen LogP contribution is -2.51. The van der Waals surface area contributed by atoms with Gasteiger partial charge in [0, 0.05) is 31.7 Å². The molecule has 0 radical (unpaired) electrons. The van der Waals surface area contributed by atoms with Crippen LogP contribution >= 0.6 is 0 Å². The third-order valence-corrected chi connectivity index (χ3v) is 4.91. The molecule has 2 rings (SSSR count). The number of rotatable bonds is 7. The van der Waals surface area contributed by atoms with Crippen molar-refractivity contribution >= 4 is 17.4 Å². The maximum Gasteiger partial charge on any atom is 0.333 e. The average molecular weight is 396 g/mol. The number of nitrogen functional groups attached to an aromatic ring is 1. The highest BCUT2D eigenvalue weighted by atomic mass is 16.5. The Morgan fingerprint density at radius 3 is 2.18 bits per heavy atom. The van der Waals surface area contributed by atoms with E-state index in [1.165, 1.54) is 4.57 Å². The first kappa shape index (κ1) is 22.0. The van der Waals surface area contributed by atoms with Crippen LogP contribution in [-0.2, 0) is 22.6 Å². The number of amides is 1. The molecule has 1 aromatic heterocycles. The molecule has 1 aliphatic heterocycles. The monoisotopic (exact) mass is 395 g/mol. The molecule has 1 amide bonds. The van der Waals surface area contributed by atoms with Crippen LogP contribution in [0.25, 0.3) is 0 Å². The number of hydrogen-bond donors (Lipinski definition) is 1. The van der Waals surface area contributed by atoms with Crippen LogP contribution in [0.3, 0.4) is 0 Å². The van der Waals surface area contributed by atoms with Crippen LogP contribution in [0, 0.1) is 0 Å². The van der Waals surface area contributed by atoms with Gasteiger partial charge in [0.1, 0.15) is 18.1 Å². The maximum atomic E-state index is 13.2. The van der Waals surface area contributed by atoms with Gasteiger partial charge in [0.05, 0.1) is 13.2 Å². The number of nitrogens with two attached hydrogens (primary N) is 1. The highest BCUT2D eigenvalue weighted by Gasteiger charge is 2.26. The molecule has 158 valence electrons. The molecule has 28 heavy (non-hydrogen) atoms. The number of carbonyl (C=O) groups is 1. The van der Waals surface area contributed by atoms with E-state index in [0.717, 1.165) is 4.57 Å². The summed E-state index contributed by atoms with van der Waals surface area (Å²) in [6.07, 6.45) is 0.683. The normalized spacial score (nSPS) is 14.8. The number of carbonyl (C=O) groups excluding carboxylic acids is 1. The van der Waals surface area contributed by atoms with Crippen molar-refractivity contribution in [3.05, 3.63) is 20.8 Å². The van der Waals surface area contributed by atoms with Crippen LogP contribution in [-0.4, -0.2) is 58.3 Å². The molecular formula is C19H33N5O4. The van der Waals surface area contributed by atoms with E-state index >= 15 is 0 Å². The number of aromatic nitrogens is 2.